The van der Waals surface area contributed by atoms with Crippen molar-refractivity contribution in [2.45, 2.75) is 57.2 Å². The van der Waals surface area contributed by atoms with Crippen molar-refractivity contribution in [2.75, 3.05) is 26.3 Å². The second kappa shape index (κ2) is 5.80. The Morgan fingerprint density at radius 3 is 2.37 bits per heavy atom. The Morgan fingerprint density at radius 1 is 1.11 bits per heavy atom. The summed E-state index contributed by atoms with van der Waals surface area (Å²) in [7, 11) is 0. The number of piperidine rings is 1. The highest BCUT2D eigenvalue weighted by atomic mass is 16.7. The van der Waals surface area contributed by atoms with Gasteiger partial charge < -0.3 is 14.4 Å². The number of carbonyl (C=O) groups excluding carboxylic acids is 1. The predicted molar refractivity (Wildman–Crippen MR) is 71.6 cm³/mol. The van der Waals surface area contributed by atoms with E-state index < -0.39 is 0 Å². The van der Waals surface area contributed by atoms with Gasteiger partial charge in [-0.2, -0.15) is 0 Å². The first-order valence-electron chi connectivity index (χ1n) is 7.83. The van der Waals surface area contributed by atoms with Gasteiger partial charge in [0, 0.05) is 32.4 Å². The monoisotopic (exact) mass is 267 g/mol. The van der Waals surface area contributed by atoms with Crippen LogP contribution in [0.2, 0.25) is 0 Å². The zero-order valence-electron chi connectivity index (χ0n) is 11.7. The number of amides is 1. The topological polar surface area (TPSA) is 38.8 Å². The zero-order chi connectivity index (χ0) is 13.1. The van der Waals surface area contributed by atoms with Crippen LogP contribution >= 0.6 is 0 Å². The van der Waals surface area contributed by atoms with Crippen molar-refractivity contribution in [3.05, 3.63) is 0 Å². The van der Waals surface area contributed by atoms with Crippen LogP contribution < -0.4 is 0 Å². The molecule has 2 saturated heterocycles. The first-order valence-corrected chi connectivity index (χ1v) is 7.83. The molecule has 1 spiro atoms. The summed E-state index contributed by atoms with van der Waals surface area (Å²) in [6, 6.07) is 0. The number of likely N-dealkylation sites (tertiary alicyclic amines) is 1. The lowest BCUT2D eigenvalue weighted by molar-refractivity contribution is -0.187. The van der Waals surface area contributed by atoms with Gasteiger partial charge in [-0.25, -0.2) is 0 Å². The molecule has 0 radical (unpaired) electrons. The summed E-state index contributed by atoms with van der Waals surface area (Å²) in [6.45, 7) is 3.00. The van der Waals surface area contributed by atoms with Crippen molar-refractivity contribution in [2.24, 2.45) is 5.92 Å². The number of hydrogen-bond acceptors (Lipinski definition) is 3. The third kappa shape index (κ3) is 3.11. The molecule has 2 heterocycles. The SMILES string of the molecule is O=C(CCC1CCCC1)N1CCC2(CC1)OCCO2. The van der Waals surface area contributed by atoms with E-state index in [0.717, 1.165) is 44.7 Å². The van der Waals surface area contributed by atoms with Gasteiger partial charge in [-0.05, 0) is 12.3 Å². The van der Waals surface area contributed by atoms with Gasteiger partial charge in [0.15, 0.2) is 5.79 Å². The van der Waals surface area contributed by atoms with E-state index in [9.17, 15) is 4.79 Å². The third-order valence-corrected chi connectivity index (χ3v) is 4.93. The summed E-state index contributed by atoms with van der Waals surface area (Å²) in [5.74, 6) is 0.781. The molecule has 4 nitrogen and oxygen atoms in total. The highest BCUT2D eigenvalue weighted by Crippen LogP contribution is 2.32. The molecule has 3 rings (SSSR count). The maximum Gasteiger partial charge on any atom is 0.222 e. The van der Waals surface area contributed by atoms with Crippen LogP contribution in [0.1, 0.15) is 51.4 Å². The maximum absolute atomic E-state index is 12.2. The Labute approximate surface area is 115 Å². The Bertz CT molecular complexity index is 309. The lowest BCUT2D eigenvalue weighted by Crippen LogP contribution is -2.47. The van der Waals surface area contributed by atoms with Crippen LogP contribution in [0.5, 0.6) is 0 Å². The molecular weight excluding hydrogens is 242 g/mol. The van der Waals surface area contributed by atoms with E-state index in [1.54, 1.807) is 0 Å². The Hall–Kier alpha value is -0.610. The molecule has 4 heteroatoms. The molecule has 1 amide bonds. The molecule has 108 valence electrons. The van der Waals surface area contributed by atoms with E-state index >= 15 is 0 Å². The van der Waals surface area contributed by atoms with Crippen molar-refractivity contribution >= 4 is 5.91 Å². The van der Waals surface area contributed by atoms with Gasteiger partial charge in [0.25, 0.3) is 0 Å². The third-order valence-electron chi connectivity index (χ3n) is 4.93. The van der Waals surface area contributed by atoms with Crippen molar-refractivity contribution in [3.63, 3.8) is 0 Å². The second-order valence-corrected chi connectivity index (χ2v) is 6.18. The van der Waals surface area contributed by atoms with Crippen molar-refractivity contribution < 1.29 is 14.3 Å². The summed E-state index contributed by atoms with van der Waals surface area (Å²) >= 11 is 0. The van der Waals surface area contributed by atoms with E-state index in [0.29, 0.717) is 19.1 Å². The van der Waals surface area contributed by atoms with Crippen molar-refractivity contribution in [1.29, 1.82) is 0 Å². The van der Waals surface area contributed by atoms with Crippen molar-refractivity contribution in [1.82, 2.24) is 4.90 Å². The number of hydrogen-bond donors (Lipinski definition) is 0. The fourth-order valence-corrected chi connectivity index (χ4v) is 3.67. The Balaban J connectivity index is 1.41. The van der Waals surface area contributed by atoms with Crippen LogP contribution in [0.4, 0.5) is 0 Å². The molecule has 2 aliphatic heterocycles. The Morgan fingerprint density at radius 2 is 1.74 bits per heavy atom. The van der Waals surface area contributed by atoms with Crippen LogP contribution in [-0.4, -0.2) is 42.9 Å². The molecule has 0 bridgehead atoms. The van der Waals surface area contributed by atoms with Crippen LogP contribution in [0.3, 0.4) is 0 Å². The molecule has 0 unspecified atom stereocenters. The molecule has 19 heavy (non-hydrogen) atoms. The van der Waals surface area contributed by atoms with Gasteiger partial charge >= 0.3 is 0 Å². The zero-order valence-corrected chi connectivity index (χ0v) is 11.7. The molecule has 0 aromatic rings. The minimum atomic E-state index is -0.359. The summed E-state index contributed by atoms with van der Waals surface area (Å²) < 4.78 is 11.4. The van der Waals surface area contributed by atoms with Crippen LogP contribution in [0.25, 0.3) is 0 Å². The fraction of sp³-hybridized carbons (Fsp3) is 0.933. The van der Waals surface area contributed by atoms with Crippen LogP contribution in [0.15, 0.2) is 0 Å². The molecule has 3 fully saturated rings. The van der Waals surface area contributed by atoms with E-state index in [1.165, 1.54) is 25.7 Å². The van der Waals surface area contributed by atoms with Gasteiger partial charge in [0.2, 0.25) is 5.91 Å². The van der Waals surface area contributed by atoms with E-state index in [2.05, 4.69) is 0 Å². The number of ether oxygens (including phenoxy) is 2. The van der Waals surface area contributed by atoms with Gasteiger partial charge in [0.1, 0.15) is 0 Å². The van der Waals surface area contributed by atoms with E-state index in [-0.39, 0.29) is 5.79 Å². The minimum absolute atomic E-state index is 0.333. The van der Waals surface area contributed by atoms with Crippen LogP contribution in [-0.2, 0) is 14.3 Å². The molecule has 0 N–H and O–H groups in total. The molecule has 0 aromatic heterocycles. The van der Waals surface area contributed by atoms with Crippen LogP contribution in [0, 0.1) is 5.92 Å². The molecular formula is C15H25NO3. The van der Waals surface area contributed by atoms with E-state index in [4.69, 9.17) is 9.47 Å². The first-order chi connectivity index (χ1) is 9.27. The maximum atomic E-state index is 12.2. The molecule has 3 aliphatic rings. The summed E-state index contributed by atoms with van der Waals surface area (Å²) in [6.07, 6.45) is 8.88. The minimum Gasteiger partial charge on any atom is -0.347 e. The van der Waals surface area contributed by atoms with Gasteiger partial charge in [-0.1, -0.05) is 25.7 Å². The van der Waals surface area contributed by atoms with E-state index in [1.807, 2.05) is 4.90 Å². The summed E-state index contributed by atoms with van der Waals surface area (Å²) in [5.41, 5.74) is 0. The molecule has 1 aliphatic carbocycles. The van der Waals surface area contributed by atoms with Gasteiger partial charge in [-0.3, -0.25) is 4.79 Å². The Kier molecular flexibility index (Phi) is 4.08. The average molecular weight is 267 g/mol. The average Bonchev–Trinajstić information content (AvgIpc) is 3.09. The summed E-state index contributed by atoms with van der Waals surface area (Å²) in [5, 5.41) is 0. The van der Waals surface area contributed by atoms with Crippen molar-refractivity contribution in [3.8, 4) is 0 Å². The highest BCUT2D eigenvalue weighted by Gasteiger charge is 2.40. The first kappa shape index (κ1) is 13.4. The predicted octanol–water partition coefficient (Wildman–Crippen LogP) is 2.32. The number of carbonyl (C=O) groups is 1. The smallest absolute Gasteiger partial charge is 0.222 e. The lowest BCUT2D eigenvalue weighted by atomic mass is 9.99. The fourth-order valence-electron chi connectivity index (χ4n) is 3.67. The number of rotatable bonds is 3. The highest BCUT2D eigenvalue weighted by molar-refractivity contribution is 5.76. The quantitative estimate of drug-likeness (QED) is 0.787. The molecule has 1 saturated carbocycles. The number of nitrogens with zero attached hydrogens (tertiary/aromatic N) is 1. The lowest BCUT2D eigenvalue weighted by Gasteiger charge is -2.37. The molecule has 0 atom stereocenters. The largest absolute Gasteiger partial charge is 0.347 e. The van der Waals surface area contributed by atoms with Gasteiger partial charge in [-0.15, -0.1) is 0 Å². The second-order valence-electron chi connectivity index (χ2n) is 6.18. The standard InChI is InChI=1S/C15H25NO3/c17-14(6-5-13-3-1-2-4-13)16-9-7-15(8-10-16)18-11-12-19-15/h13H,1-12H2. The normalized spacial score (nSPS) is 27.3. The summed E-state index contributed by atoms with van der Waals surface area (Å²) in [4.78, 5) is 14.2. The molecule has 0 aromatic carbocycles. The van der Waals surface area contributed by atoms with Gasteiger partial charge in [0.05, 0.1) is 13.2 Å².